The minimum Gasteiger partial charge on any atom is -0.337 e. The molecule has 1 heterocycles. The first kappa shape index (κ1) is 11.7. The third-order valence-corrected chi connectivity index (χ3v) is 3.42. The van der Waals surface area contributed by atoms with E-state index in [1.165, 1.54) is 0 Å². The Morgan fingerprint density at radius 3 is 2.86 bits per heavy atom. The number of urea groups is 1. The first-order chi connectivity index (χ1) is 6.72. The van der Waals surface area contributed by atoms with E-state index in [4.69, 9.17) is 11.6 Å². The highest BCUT2D eigenvalue weighted by atomic mass is 35.5. The van der Waals surface area contributed by atoms with Crippen LogP contribution in [0.15, 0.2) is 0 Å². The second kappa shape index (κ2) is 6.14. The third kappa shape index (κ3) is 4.19. The Balaban J connectivity index is 2.11. The van der Waals surface area contributed by atoms with Gasteiger partial charge in [-0.25, -0.2) is 4.79 Å². The van der Waals surface area contributed by atoms with Gasteiger partial charge in [-0.15, -0.1) is 11.6 Å². The first-order valence-electron chi connectivity index (χ1n) is 4.43. The number of imide groups is 1. The second-order valence-corrected chi connectivity index (χ2v) is 4.54. The molecule has 1 aliphatic rings. The lowest BCUT2D eigenvalue weighted by Gasteiger charge is -2.09. The van der Waals surface area contributed by atoms with Gasteiger partial charge in [0, 0.05) is 6.54 Å². The lowest BCUT2D eigenvalue weighted by Crippen LogP contribution is -2.41. The molecule has 3 amide bonds. The van der Waals surface area contributed by atoms with Crippen molar-refractivity contribution in [3.8, 4) is 0 Å². The van der Waals surface area contributed by atoms with Crippen molar-refractivity contribution in [2.75, 3.05) is 23.9 Å². The van der Waals surface area contributed by atoms with E-state index in [0.717, 1.165) is 17.9 Å². The van der Waals surface area contributed by atoms with Gasteiger partial charge in [-0.05, 0) is 23.8 Å². The molecule has 6 heteroatoms. The number of thioether (sulfide) groups is 1. The van der Waals surface area contributed by atoms with Gasteiger partial charge in [-0.1, -0.05) is 0 Å². The number of carbonyl (C=O) groups excluding carboxylic acids is 2. The van der Waals surface area contributed by atoms with Crippen molar-refractivity contribution >= 4 is 35.3 Å². The number of hydrogen-bond donors (Lipinski definition) is 2. The maximum Gasteiger partial charge on any atom is 0.321 e. The molecule has 0 spiro atoms. The molecule has 4 nitrogen and oxygen atoms in total. The molecule has 1 fully saturated rings. The Labute approximate surface area is 92.1 Å². The molecular weight excluding hydrogens is 224 g/mol. The van der Waals surface area contributed by atoms with Crippen LogP contribution in [0.5, 0.6) is 0 Å². The standard InChI is InChI=1S/C8H13ClN2O2S/c9-3-7(12)11-8(13)10-4-6-1-2-14-5-6/h6H,1-5H2,(H2,10,11,12,13). The number of rotatable bonds is 3. The van der Waals surface area contributed by atoms with Crippen molar-refractivity contribution in [3.63, 3.8) is 0 Å². The molecular formula is C8H13ClN2O2S. The predicted molar refractivity (Wildman–Crippen MR) is 57.7 cm³/mol. The zero-order chi connectivity index (χ0) is 10.4. The van der Waals surface area contributed by atoms with Crippen LogP contribution in [0.1, 0.15) is 6.42 Å². The topological polar surface area (TPSA) is 58.2 Å². The molecule has 0 bridgehead atoms. The smallest absolute Gasteiger partial charge is 0.321 e. The van der Waals surface area contributed by atoms with E-state index < -0.39 is 11.9 Å². The van der Waals surface area contributed by atoms with Crippen LogP contribution in [0.3, 0.4) is 0 Å². The Hall–Kier alpha value is -0.420. The summed E-state index contributed by atoms with van der Waals surface area (Å²) in [6, 6.07) is -0.451. The van der Waals surface area contributed by atoms with Gasteiger partial charge < -0.3 is 5.32 Å². The van der Waals surface area contributed by atoms with Crippen LogP contribution in [0.4, 0.5) is 4.79 Å². The monoisotopic (exact) mass is 236 g/mol. The van der Waals surface area contributed by atoms with E-state index in [1.54, 1.807) is 0 Å². The van der Waals surface area contributed by atoms with Crippen molar-refractivity contribution in [1.29, 1.82) is 0 Å². The fourth-order valence-corrected chi connectivity index (χ4v) is 2.54. The number of amides is 3. The Kier molecular flexibility index (Phi) is 5.11. The first-order valence-corrected chi connectivity index (χ1v) is 6.12. The number of nitrogens with one attached hydrogen (secondary N) is 2. The SMILES string of the molecule is O=C(CCl)NC(=O)NCC1CCSC1. The van der Waals surface area contributed by atoms with Crippen LogP contribution in [0.2, 0.25) is 0 Å². The highest BCUT2D eigenvalue weighted by Gasteiger charge is 2.16. The molecule has 0 aromatic heterocycles. The van der Waals surface area contributed by atoms with Crippen LogP contribution in [0.25, 0.3) is 0 Å². The Morgan fingerprint density at radius 1 is 1.50 bits per heavy atom. The number of alkyl halides is 1. The summed E-state index contributed by atoms with van der Waals surface area (Å²) in [5.74, 6) is 2.13. The number of halogens is 1. The molecule has 2 N–H and O–H groups in total. The second-order valence-electron chi connectivity index (χ2n) is 3.12. The van der Waals surface area contributed by atoms with Crippen LogP contribution in [0, 0.1) is 5.92 Å². The summed E-state index contributed by atoms with van der Waals surface area (Å²) in [4.78, 5) is 21.8. The van der Waals surface area contributed by atoms with E-state index in [9.17, 15) is 9.59 Å². The molecule has 1 saturated heterocycles. The summed E-state index contributed by atoms with van der Waals surface area (Å²) in [6.45, 7) is 0.633. The highest BCUT2D eigenvalue weighted by Crippen LogP contribution is 2.22. The van der Waals surface area contributed by atoms with E-state index >= 15 is 0 Å². The molecule has 0 aromatic rings. The number of hydrogen-bond acceptors (Lipinski definition) is 3. The minimum absolute atomic E-state index is 0.188. The summed E-state index contributed by atoms with van der Waals surface area (Å²) in [5, 5.41) is 4.77. The van der Waals surface area contributed by atoms with Gasteiger partial charge in [0.25, 0.3) is 0 Å². The van der Waals surface area contributed by atoms with Gasteiger partial charge in [-0.2, -0.15) is 11.8 Å². The maximum absolute atomic E-state index is 11.1. The quantitative estimate of drug-likeness (QED) is 0.713. The molecule has 1 aliphatic heterocycles. The van der Waals surface area contributed by atoms with Gasteiger partial charge >= 0.3 is 6.03 Å². The molecule has 0 aromatic carbocycles. The molecule has 80 valence electrons. The summed E-state index contributed by atoms with van der Waals surface area (Å²) >= 11 is 7.12. The lowest BCUT2D eigenvalue weighted by molar-refractivity contribution is -0.117. The number of carbonyl (C=O) groups is 2. The van der Waals surface area contributed by atoms with Gasteiger partial charge in [0.05, 0.1) is 0 Å². The van der Waals surface area contributed by atoms with Crippen molar-refractivity contribution in [2.24, 2.45) is 5.92 Å². The molecule has 0 radical (unpaired) electrons. The Morgan fingerprint density at radius 2 is 2.29 bits per heavy atom. The maximum atomic E-state index is 11.1. The van der Waals surface area contributed by atoms with Gasteiger partial charge in [0.1, 0.15) is 5.88 Å². The largest absolute Gasteiger partial charge is 0.337 e. The average Bonchev–Trinajstić information content (AvgIpc) is 2.67. The summed E-state index contributed by atoms with van der Waals surface area (Å²) in [5.41, 5.74) is 0. The van der Waals surface area contributed by atoms with Crippen molar-refractivity contribution in [3.05, 3.63) is 0 Å². The third-order valence-electron chi connectivity index (χ3n) is 1.95. The summed E-state index contributed by atoms with van der Waals surface area (Å²) in [7, 11) is 0. The van der Waals surface area contributed by atoms with Crippen LogP contribution in [-0.2, 0) is 4.79 Å². The average molecular weight is 237 g/mol. The van der Waals surface area contributed by atoms with E-state index in [0.29, 0.717) is 12.5 Å². The molecule has 1 unspecified atom stereocenters. The van der Waals surface area contributed by atoms with Gasteiger partial charge in [-0.3, -0.25) is 10.1 Å². The van der Waals surface area contributed by atoms with Crippen molar-refractivity contribution in [1.82, 2.24) is 10.6 Å². The van der Waals surface area contributed by atoms with Crippen molar-refractivity contribution in [2.45, 2.75) is 6.42 Å². The van der Waals surface area contributed by atoms with Crippen LogP contribution >= 0.6 is 23.4 Å². The van der Waals surface area contributed by atoms with Gasteiger partial charge in [0.15, 0.2) is 0 Å². The summed E-state index contributed by atoms with van der Waals surface area (Å²) in [6.07, 6.45) is 1.13. The van der Waals surface area contributed by atoms with E-state index in [1.807, 2.05) is 11.8 Å². The zero-order valence-corrected chi connectivity index (χ0v) is 9.29. The fraction of sp³-hybridized carbons (Fsp3) is 0.750. The zero-order valence-electron chi connectivity index (χ0n) is 7.72. The van der Waals surface area contributed by atoms with Crippen LogP contribution < -0.4 is 10.6 Å². The summed E-state index contributed by atoms with van der Waals surface area (Å²) < 4.78 is 0. The lowest BCUT2D eigenvalue weighted by atomic mass is 10.1. The highest BCUT2D eigenvalue weighted by molar-refractivity contribution is 7.99. The van der Waals surface area contributed by atoms with Gasteiger partial charge in [0.2, 0.25) is 5.91 Å². The normalized spacial score (nSPS) is 20.5. The molecule has 14 heavy (non-hydrogen) atoms. The van der Waals surface area contributed by atoms with Crippen molar-refractivity contribution < 1.29 is 9.59 Å². The molecule has 1 rings (SSSR count). The predicted octanol–water partition coefficient (Wildman–Crippen LogP) is 0.804. The molecule has 0 saturated carbocycles. The Bertz CT molecular complexity index is 219. The minimum atomic E-state index is -0.468. The van der Waals surface area contributed by atoms with Crippen LogP contribution in [-0.4, -0.2) is 35.9 Å². The van der Waals surface area contributed by atoms with E-state index in [-0.39, 0.29) is 5.88 Å². The molecule has 0 aliphatic carbocycles. The fourth-order valence-electron chi connectivity index (χ4n) is 1.19. The molecule has 1 atom stereocenters. The van der Waals surface area contributed by atoms with E-state index in [2.05, 4.69) is 10.6 Å².